The van der Waals surface area contributed by atoms with Crippen LogP contribution in [0.5, 0.6) is 0 Å². The predicted molar refractivity (Wildman–Crippen MR) is 161 cm³/mol. The molecule has 22 heteroatoms. The molecule has 0 radical (unpaired) electrons. The summed E-state index contributed by atoms with van der Waals surface area (Å²) < 4.78 is 0. The number of likely N-dealkylation sites (tertiary alicyclic amines) is 1. The van der Waals surface area contributed by atoms with E-state index in [0.29, 0.717) is 6.42 Å². The van der Waals surface area contributed by atoms with E-state index in [0.717, 1.165) is 4.90 Å². The zero-order chi connectivity index (χ0) is 37.6. The van der Waals surface area contributed by atoms with E-state index in [9.17, 15) is 68.4 Å². The normalized spacial score (nSPS) is 17.6. The van der Waals surface area contributed by atoms with Crippen LogP contribution in [0, 0.1) is 0 Å². The molecule has 1 saturated heterocycles. The third kappa shape index (κ3) is 14.1. The molecule has 0 spiro atoms. The van der Waals surface area contributed by atoms with Crippen molar-refractivity contribution in [2.75, 3.05) is 6.54 Å². The first-order valence-corrected chi connectivity index (χ1v) is 14.9. The monoisotopic (exact) mass is 702 g/mol. The van der Waals surface area contributed by atoms with Gasteiger partial charge in [0.15, 0.2) is 0 Å². The number of nitrogens with zero attached hydrogens (tertiary/aromatic N) is 1. The molecule has 1 rings (SSSR count). The number of aliphatic carboxylic acids is 3. The molecule has 1 aliphatic rings. The summed E-state index contributed by atoms with van der Waals surface area (Å²) in [4.78, 5) is 124. The van der Waals surface area contributed by atoms with E-state index in [1.54, 1.807) is 0 Å². The number of primary amides is 2. The molecule has 1 aliphatic heterocycles. The van der Waals surface area contributed by atoms with Crippen LogP contribution in [-0.2, 0) is 47.9 Å². The number of carbonyl (C=O) groups is 10. The molecule has 274 valence electrons. The molecule has 1 fully saturated rings. The number of rotatable bonds is 21. The molecule has 0 aromatic carbocycles. The minimum absolute atomic E-state index is 0.0253. The maximum Gasteiger partial charge on any atom is 0.326 e. The average Bonchev–Trinajstić information content (AvgIpc) is 3.49. The van der Waals surface area contributed by atoms with Gasteiger partial charge in [-0.25, -0.2) is 4.79 Å². The van der Waals surface area contributed by atoms with E-state index in [1.807, 2.05) is 0 Å². The third-order valence-electron chi connectivity index (χ3n) is 7.27. The largest absolute Gasteiger partial charge is 0.481 e. The van der Waals surface area contributed by atoms with Gasteiger partial charge in [-0.15, -0.1) is 0 Å². The van der Waals surface area contributed by atoms with E-state index in [1.165, 1.54) is 6.92 Å². The summed E-state index contributed by atoms with van der Waals surface area (Å²) in [6.07, 6.45) is -5.20. The van der Waals surface area contributed by atoms with E-state index >= 15 is 0 Å². The van der Waals surface area contributed by atoms with Crippen molar-refractivity contribution in [3.8, 4) is 0 Å². The van der Waals surface area contributed by atoms with E-state index in [-0.39, 0.29) is 13.0 Å². The maximum absolute atomic E-state index is 13.3. The van der Waals surface area contributed by atoms with Gasteiger partial charge in [0.05, 0.1) is 18.9 Å². The number of hydrogen-bond donors (Lipinski definition) is 11. The highest BCUT2D eigenvalue weighted by molar-refractivity contribution is 5.98. The van der Waals surface area contributed by atoms with Gasteiger partial charge < -0.3 is 63.8 Å². The van der Waals surface area contributed by atoms with Gasteiger partial charge in [-0.05, 0) is 32.6 Å². The van der Waals surface area contributed by atoms with Crippen LogP contribution in [0.2, 0.25) is 0 Å². The summed E-state index contributed by atoms with van der Waals surface area (Å²) in [5, 5.41) is 46.1. The molecular weight excluding hydrogens is 660 g/mol. The molecule has 0 aromatic rings. The number of nitrogens with two attached hydrogens (primary N) is 3. The summed E-state index contributed by atoms with van der Waals surface area (Å²) in [6.45, 7) is 1.15. The van der Waals surface area contributed by atoms with E-state index < -0.39 is 140 Å². The quantitative estimate of drug-likeness (QED) is 0.0530. The van der Waals surface area contributed by atoms with Gasteiger partial charge in [0.1, 0.15) is 36.3 Å². The van der Waals surface area contributed by atoms with Gasteiger partial charge in [0.2, 0.25) is 41.4 Å². The number of hydrogen-bond acceptors (Lipinski definition) is 12. The highest BCUT2D eigenvalue weighted by atomic mass is 16.4. The lowest BCUT2D eigenvalue weighted by molar-refractivity contribution is -0.149. The number of carbonyl (C=O) groups excluding carboxylic acids is 7. The van der Waals surface area contributed by atoms with Crippen LogP contribution in [0.1, 0.15) is 58.3 Å². The van der Waals surface area contributed by atoms with Crippen LogP contribution in [0.25, 0.3) is 0 Å². The lowest BCUT2D eigenvalue weighted by Gasteiger charge is -2.29. The molecule has 49 heavy (non-hydrogen) atoms. The number of nitrogens with one attached hydrogen (secondary N) is 4. The first kappa shape index (κ1) is 41.6. The van der Waals surface area contributed by atoms with Crippen LogP contribution >= 0.6 is 0 Å². The molecule has 22 nitrogen and oxygen atoms in total. The molecule has 0 aromatic heterocycles. The zero-order valence-corrected chi connectivity index (χ0v) is 26.5. The Labute approximate surface area is 278 Å². The topological polar surface area (TPSA) is 381 Å². The summed E-state index contributed by atoms with van der Waals surface area (Å²) >= 11 is 0. The van der Waals surface area contributed by atoms with Crippen molar-refractivity contribution >= 4 is 59.3 Å². The molecule has 7 atom stereocenters. The second-order valence-electron chi connectivity index (χ2n) is 11.2. The first-order chi connectivity index (χ1) is 22.7. The predicted octanol–water partition coefficient (Wildman–Crippen LogP) is -5.81. The molecule has 0 aliphatic carbocycles. The van der Waals surface area contributed by atoms with Crippen LogP contribution in [0.15, 0.2) is 0 Å². The lowest BCUT2D eigenvalue weighted by Crippen LogP contribution is -2.60. The van der Waals surface area contributed by atoms with Crippen molar-refractivity contribution in [3.05, 3.63) is 0 Å². The van der Waals surface area contributed by atoms with E-state index in [4.69, 9.17) is 17.2 Å². The molecule has 1 heterocycles. The number of amides is 7. The Kier molecular flexibility index (Phi) is 16.5. The van der Waals surface area contributed by atoms with Crippen molar-refractivity contribution in [3.63, 3.8) is 0 Å². The Morgan fingerprint density at radius 2 is 1.18 bits per heavy atom. The number of aliphatic hydroxyl groups is 1. The SMILES string of the molecule is C[C@@H](O)[C@H](N)C(=O)N[C@@H](CCC(N)=O)C(=O)N[C@@H](CC(=O)O)C(=O)N[C@@H](CCC(=O)O)C(=O)N[C@@H](CC(N)=O)C(=O)N1CCC[C@H]1C(=O)O. The smallest absolute Gasteiger partial charge is 0.326 e. The molecule has 0 saturated carbocycles. The van der Waals surface area contributed by atoms with Crippen LogP contribution in [0.4, 0.5) is 0 Å². The minimum Gasteiger partial charge on any atom is -0.481 e. The van der Waals surface area contributed by atoms with Gasteiger partial charge in [0.25, 0.3) is 0 Å². The first-order valence-electron chi connectivity index (χ1n) is 14.9. The second kappa shape index (κ2) is 19.4. The highest BCUT2D eigenvalue weighted by Gasteiger charge is 2.39. The number of aliphatic hydroxyl groups excluding tert-OH is 1. The summed E-state index contributed by atoms with van der Waals surface area (Å²) in [5.41, 5.74) is 15.9. The molecule has 7 amide bonds. The van der Waals surface area contributed by atoms with E-state index in [2.05, 4.69) is 21.3 Å². The Morgan fingerprint density at radius 3 is 1.65 bits per heavy atom. The fraction of sp³-hybridized carbons (Fsp3) is 0.630. The molecule has 0 bridgehead atoms. The lowest BCUT2D eigenvalue weighted by atomic mass is 10.1. The van der Waals surface area contributed by atoms with Crippen molar-refractivity contribution in [1.82, 2.24) is 26.2 Å². The summed E-state index contributed by atoms with van der Waals surface area (Å²) in [6, 6.07) is -9.94. The fourth-order valence-corrected chi connectivity index (χ4v) is 4.67. The maximum atomic E-state index is 13.3. The molecular formula is C27H42N8O14. The second-order valence-corrected chi connectivity index (χ2v) is 11.2. The molecule has 0 unspecified atom stereocenters. The Morgan fingerprint density at radius 1 is 0.694 bits per heavy atom. The Balaban J connectivity index is 3.30. The van der Waals surface area contributed by atoms with Gasteiger partial charge in [-0.2, -0.15) is 0 Å². The van der Waals surface area contributed by atoms with Gasteiger partial charge in [-0.1, -0.05) is 0 Å². The number of carboxylic acid groups (broad SMARTS) is 3. The highest BCUT2D eigenvalue weighted by Crippen LogP contribution is 2.19. The third-order valence-corrected chi connectivity index (χ3v) is 7.27. The van der Waals surface area contributed by atoms with Crippen molar-refractivity contribution in [2.45, 2.75) is 101 Å². The number of carboxylic acids is 3. The standard InChI is InChI=1S/C27H42N8O14/c1-11(36)21(30)25(46)32-12(4-6-17(28)37)22(43)33-14(10-20(41)42)24(45)31-13(5-7-19(39)40)23(44)34-15(9-18(29)38)26(47)35-8-2-3-16(35)27(48)49/h11-16,21,36H,2-10,30H2,1H3,(H2,28,37)(H2,29,38)(H,31,45)(H,32,46)(H,33,43)(H,34,44)(H,39,40)(H,41,42)(H,48,49)/t11-,12+,13+,14+,15+,16+,21+/m1/s1. The van der Waals surface area contributed by atoms with Crippen molar-refractivity contribution in [1.29, 1.82) is 0 Å². The van der Waals surface area contributed by atoms with Gasteiger partial charge in [0, 0.05) is 19.4 Å². The van der Waals surface area contributed by atoms with Crippen LogP contribution in [0.3, 0.4) is 0 Å². The van der Waals surface area contributed by atoms with Crippen molar-refractivity contribution in [2.24, 2.45) is 17.2 Å². The van der Waals surface area contributed by atoms with Crippen LogP contribution in [-0.4, -0.2) is 133 Å². The van der Waals surface area contributed by atoms with Crippen molar-refractivity contribution < 1.29 is 68.4 Å². The van der Waals surface area contributed by atoms with Gasteiger partial charge in [-0.3, -0.25) is 43.2 Å². The fourth-order valence-electron chi connectivity index (χ4n) is 4.67. The summed E-state index contributed by atoms with van der Waals surface area (Å²) in [7, 11) is 0. The minimum atomic E-state index is -1.98. The average molecular weight is 703 g/mol. The Bertz CT molecular complexity index is 1310. The van der Waals surface area contributed by atoms with Gasteiger partial charge >= 0.3 is 17.9 Å². The zero-order valence-electron chi connectivity index (χ0n) is 26.5. The summed E-state index contributed by atoms with van der Waals surface area (Å²) in [5.74, 6) is -12.2. The molecule has 14 N–H and O–H groups in total. The Hall–Kier alpha value is -5.38. The van der Waals surface area contributed by atoms with Crippen LogP contribution < -0.4 is 38.5 Å².